The van der Waals surface area contributed by atoms with Crippen molar-refractivity contribution in [3.63, 3.8) is 0 Å². The quantitative estimate of drug-likeness (QED) is 0.286. The number of rotatable bonds is 7. The molecule has 30 heavy (non-hydrogen) atoms. The molecule has 6 nitrogen and oxygen atoms in total. The molecule has 0 radical (unpaired) electrons. The summed E-state index contributed by atoms with van der Waals surface area (Å²) in [6.45, 7) is 3.97. The summed E-state index contributed by atoms with van der Waals surface area (Å²) in [6.07, 6.45) is 7.36. The lowest BCUT2D eigenvalue weighted by Crippen LogP contribution is -2.37. The van der Waals surface area contributed by atoms with Gasteiger partial charge in [0.25, 0.3) is 0 Å². The van der Waals surface area contributed by atoms with Crippen LogP contribution in [0.4, 0.5) is 5.69 Å². The van der Waals surface area contributed by atoms with Crippen molar-refractivity contribution in [3.05, 3.63) is 59.9 Å². The van der Waals surface area contributed by atoms with E-state index in [9.17, 15) is 4.79 Å². The molecule has 1 saturated carbocycles. The van der Waals surface area contributed by atoms with Crippen molar-refractivity contribution < 1.29 is 4.79 Å². The summed E-state index contributed by atoms with van der Waals surface area (Å²) in [6, 6.07) is 13.8. The number of nitrogens with zero attached hydrogens (tertiary/aromatic N) is 2. The first-order valence-corrected chi connectivity index (χ1v) is 10.6. The Kier molecular flexibility index (Phi) is 10.6. The Balaban J connectivity index is 0.00000320. The van der Waals surface area contributed by atoms with Crippen molar-refractivity contribution in [3.8, 4) is 0 Å². The summed E-state index contributed by atoms with van der Waals surface area (Å²) >= 11 is 0. The summed E-state index contributed by atoms with van der Waals surface area (Å²) < 4.78 is 0. The Morgan fingerprint density at radius 2 is 1.93 bits per heavy atom. The van der Waals surface area contributed by atoms with Crippen LogP contribution in [0, 0.1) is 5.92 Å². The van der Waals surface area contributed by atoms with Crippen molar-refractivity contribution >= 4 is 41.5 Å². The van der Waals surface area contributed by atoms with E-state index in [0.717, 1.165) is 55.1 Å². The normalized spacial score (nSPS) is 14.5. The topological polar surface area (TPSA) is 78.4 Å². The fourth-order valence-corrected chi connectivity index (χ4v) is 3.55. The summed E-state index contributed by atoms with van der Waals surface area (Å²) in [7, 11) is 0. The molecule has 1 aliphatic carbocycles. The van der Waals surface area contributed by atoms with Gasteiger partial charge in [-0.2, -0.15) is 0 Å². The first kappa shape index (κ1) is 24.1. The zero-order valence-electron chi connectivity index (χ0n) is 17.6. The number of aliphatic imine (C=N–C) groups is 1. The van der Waals surface area contributed by atoms with Crippen LogP contribution >= 0.6 is 24.0 Å². The van der Waals surface area contributed by atoms with E-state index in [1.165, 1.54) is 6.42 Å². The van der Waals surface area contributed by atoms with E-state index in [1.807, 2.05) is 49.4 Å². The SMILES string of the molecule is CCNC(=NCc1cccc(NC(=O)C2CCCCC2)c1)NCc1ccccn1.I. The summed E-state index contributed by atoms with van der Waals surface area (Å²) in [5.41, 5.74) is 2.87. The predicted octanol–water partition coefficient (Wildman–Crippen LogP) is 4.47. The zero-order valence-corrected chi connectivity index (χ0v) is 19.9. The molecule has 0 unspecified atom stereocenters. The fraction of sp³-hybridized carbons (Fsp3) is 0.435. The molecule has 0 aliphatic heterocycles. The highest BCUT2D eigenvalue weighted by Gasteiger charge is 2.20. The van der Waals surface area contributed by atoms with Crippen LogP contribution < -0.4 is 16.0 Å². The van der Waals surface area contributed by atoms with Crippen LogP contribution in [0.3, 0.4) is 0 Å². The van der Waals surface area contributed by atoms with Crippen molar-refractivity contribution in [2.75, 3.05) is 11.9 Å². The van der Waals surface area contributed by atoms with Gasteiger partial charge in [-0.3, -0.25) is 9.78 Å². The van der Waals surface area contributed by atoms with E-state index < -0.39 is 0 Å². The molecule has 1 aliphatic rings. The van der Waals surface area contributed by atoms with Gasteiger partial charge in [0.1, 0.15) is 0 Å². The maximum absolute atomic E-state index is 12.5. The van der Waals surface area contributed by atoms with Crippen LogP contribution in [-0.4, -0.2) is 23.4 Å². The largest absolute Gasteiger partial charge is 0.357 e. The van der Waals surface area contributed by atoms with Gasteiger partial charge in [0.05, 0.1) is 18.8 Å². The maximum Gasteiger partial charge on any atom is 0.227 e. The summed E-state index contributed by atoms with van der Waals surface area (Å²) in [4.78, 5) is 21.5. The first-order valence-electron chi connectivity index (χ1n) is 10.6. The van der Waals surface area contributed by atoms with E-state index in [1.54, 1.807) is 6.20 Å². The Morgan fingerprint density at radius 1 is 1.10 bits per heavy atom. The van der Waals surface area contributed by atoms with Gasteiger partial charge in [-0.05, 0) is 49.6 Å². The van der Waals surface area contributed by atoms with Crippen molar-refractivity contribution in [2.45, 2.75) is 52.1 Å². The number of nitrogens with one attached hydrogen (secondary N) is 3. The third kappa shape index (κ3) is 7.93. The van der Waals surface area contributed by atoms with Gasteiger partial charge in [0, 0.05) is 24.3 Å². The first-order chi connectivity index (χ1) is 14.2. The van der Waals surface area contributed by atoms with Crippen LogP contribution in [0.1, 0.15) is 50.3 Å². The van der Waals surface area contributed by atoms with E-state index in [4.69, 9.17) is 0 Å². The van der Waals surface area contributed by atoms with Gasteiger partial charge in [0.2, 0.25) is 5.91 Å². The van der Waals surface area contributed by atoms with Crippen LogP contribution in [0.15, 0.2) is 53.7 Å². The van der Waals surface area contributed by atoms with E-state index in [0.29, 0.717) is 13.1 Å². The Labute approximate surface area is 196 Å². The molecule has 1 amide bonds. The van der Waals surface area contributed by atoms with Crippen LogP contribution in [0.5, 0.6) is 0 Å². The molecule has 0 bridgehead atoms. The lowest BCUT2D eigenvalue weighted by molar-refractivity contribution is -0.120. The van der Waals surface area contributed by atoms with Crippen molar-refractivity contribution in [1.29, 1.82) is 0 Å². The Hall–Kier alpha value is -2.16. The number of pyridine rings is 1. The van der Waals surface area contributed by atoms with Gasteiger partial charge >= 0.3 is 0 Å². The van der Waals surface area contributed by atoms with Gasteiger partial charge in [-0.1, -0.05) is 37.5 Å². The van der Waals surface area contributed by atoms with Gasteiger partial charge in [-0.25, -0.2) is 4.99 Å². The third-order valence-corrected chi connectivity index (χ3v) is 5.10. The molecule has 2 aromatic rings. The molecule has 1 fully saturated rings. The maximum atomic E-state index is 12.5. The molecular weight excluding hydrogens is 489 g/mol. The number of hydrogen-bond donors (Lipinski definition) is 3. The van der Waals surface area contributed by atoms with Crippen molar-refractivity contribution in [1.82, 2.24) is 15.6 Å². The lowest BCUT2D eigenvalue weighted by Gasteiger charge is -2.20. The number of carbonyl (C=O) groups is 1. The number of halogens is 1. The molecule has 1 aromatic carbocycles. The molecule has 0 saturated heterocycles. The summed E-state index contributed by atoms with van der Waals surface area (Å²) in [5.74, 6) is 1.05. The smallest absolute Gasteiger partial charge is 0.227 e. The lowest BCUT2D eigenvalue weighted by atomic mass is 9.88. The monoisotopic (exact) mass is 521 g/mol. The van der Waals surface area contributed by atoms with Crippen LogP contribution in [0.25, 0.3) is 0 Å². The molecule has 1 aromatic heterocycles. The van der Waals surface area contributed by atoms with Gasteiger partial charge in [0.15, 0.2) is 5.96 Å². The second kappa shape index (κ2) is 13.2. The van der Waals surface area contributed by atoms with Gasteiger partial charge in [-0.15, -0.1) is 24.0 Å². The molecule has 162 valence electrons. The Morgan fingerprint density at radius 3 is 2.67 bits per heavy atom. The molecule has 1 heterocycles. The second-order valence-electron chi connectivity index (χ2n) is 7.39. The number of carbonyl (C=O) groups excluding carboxylic acids is 1. The highest BCUT2D eigenvalue weighted by molar-refractivity contribution is 14.0. The minimum atomic E-state index is 0. The number of amides is 1. The highest BCUT2D eigenvalue weighted by atomic mass is 127. The number of benzene rings is 1. The fourth-order valence-electron chi connectivity index (χ4n) is 3.55. The minimum Gasteiger partial charge on any atom is -0.357 e. The molecule has 3 rings (SSSR count). The number of aromatic nitrogens is 1. The van der Waals surface area contributed by atoms with E-state index in [2.05, 4.69) is 25.9 Å². The molecule has 7 heteroatoms. The second-order valence-corrected chi connectivity index (χ2v) is 7.39. The molecular formula is C23H32IN5O. The number of guanidine groups is 1. The highest BCUT2D eigenvalue weighted by Crippen LogP contribution is 2.25. The molecule has 3 N–H and O–H groups in total. The van der Waals surface area contributed by atoms with Crippen molar-refractivity contribution in [2.24, 2.45) is 10.9 Å². The van der Waals surface area contributed by atoms with Gasteiger partial charge < -0.3 is 16.0 Å². The minimum absolute atomic E-state index is 0. The van der Waals surface area contributed by atoms with Crippen LogP contribution in [0.2, 0.25) is 0 Å². The number of hydrogen-bond acceptors (Lipinski definition) is 3. The zero-order chi connectivity index (χ0) is 20.3. The number of anilines is 1. The Bertz CT molecular complexity index is 806. The molecule has 0 spiro atoms. The third-order valence-electron chi connectivity index (χ3n) is 5.10. The van der Waals surface area contributed by atoms with E-state index in [-0.39, 0.29) is 35.8 Å². The predicted molar refractivity (Wildman–Crippen MR) is 133 cm³/mol. The summed E-state index contributed by atoms with van der Waals surface area (Å²) in [5, 5.41) is 9.64. The van der Waals surface area contributed by atoms with E-state index >= 15 is 0 Å². The standard InChI is InChI=1S/C23H31N5O.HI/c1-2-24-23(27-17-21-12-6-7-14-25-21)26-16-18-9-8-13-20(15-18)28-22(29)19-10-4-3-5-11-19;/h6-9,12-15,19H,2-5,10-11,16-17H2,1H3,(H,28,29)(H2,24,26,27);1H. The average Bonchev–Trinajstić information content (AvgIpc) is 2.77. The van der Waals surface area contributed by atoms with Crippen LogP contribution in [-0.2, 0) is 17.9 Å². The average molecular weight is 521 g/mol. The molecule has 0 atom stereocenters.